The van der Waals surface area contributed by atoms with Gasteiger partial charge in [-0.05, 0) is 22.3 Å². The first-order chi connectivity index (χ1) is 16.2. The Kier molecular flexibility index (Phi) is 4.78. The van der Waals surface area contributed by atoms with Crippen molar-refractivity contribution in [1.29, 1.82) is 0 Å². The molecule has 33 heavy (non-hydrogen) atoms. The van der Waals surface area contributed by atoms with E-state index in [0.717, 1.165) is 22.3 Å². The Bertz CT molecular complexity index is 1240. The van der Waals surface area contributed by atoms with Crippen LogP contribution in [0.5, 0.6) is 0 Å². The number of Topliss-reactive ketones (excluding diaryl/α,β-unsaturated/α-hetero) is 2. The molecule has 6 rings (SSSR count). The monoisotopic (exact) mass is 430 g/mol. The fourth-order valence-corrected chi connectivity index (χ4v) is 5.37. The number of hydrogen-bond acceptors (Lipinski definition) is 3. The van der Waals surface area contributed by atoms with Gasteiger partial charge in [0.05, 0.1) is 24.0 Å². The first-order valence-electron chi connectivity index (χ1n) is 11.3. The maximum atomic E-state index is 13.8. The van der Waals surface area contributed by atoms with Gasteiger partial charge < -0.3 is 4.74 Å². The van der Waals surface area contributed by atoms with Crippen molar-refractivity contribution >= 4 is 11.6 Å². The van der Waals surface area contributed by atoms with Crippen LogP contribution in [0.25, 0.3) is 0 Å². The molecule has 3 nitrogen and oxygen atoms in total. The molecule has 0 N–H and O–H groups in total. The minimum atomic E-state index is -0.464. The molecule has 4 aromatic carbocycles. The molecule has 0 spiro atoms. The highest BCUT2D eigenvalue weighted by Crippen LogP contribution is 2.56. The molecule has 2 heterocycles. The van der Waals surface area contributed by atoms with Gasteiger partial charge in [-0.3, -0.25) is 9.59 Å². The van der Waals surface area contributed by atoms with Crippen molar-refractivity contribution in [2.75, 3.05) is 0 Å². The summed E-state index contributed by atoms with van der Waals surface area (Å²) in [5.74, 6) is -0.856. The summed E-state index contributed by atoms with van der Waals surface area (Å²) in [4.78, 5) is 27.5. The van der Waals surface area contributed by atoms with Gasteiger partial charge in [-0.25, -0.2) is 0 Å². The SMILES string of the molecule is O=C(c1ccccc1)[C@@H]1c2ccccc2[C@@H]2O[C@H]1c1ccccc1[C@H]2C(=O)c1ccccc1. The number of carbonyl (C=O) groups excluding carboxylic acids is 2. The maximum absolute atomic E-state index is 13.8. The predicted molar refractivity (Wildman–Crippen MR) is 126 cm³/mol. The molecular formula is C30H22O3. The molecule has 0 amide bonds. The lowest BCUT2D eigenvalue weighted by molar-refractivity contribution is -0.0600. The smallest absolute Gasteiger partial charge is 0.173 e. The molecule has 4 aromatic rings. The van der Waals surface area contributed by atoms with Crippen LogP contribution in [0.15, 0.2) is 109 Å². The molecule has 2 aliphatic rings. The standard InChI is InChI=1S/C30H22O3/c31-27(19-11-3-1-4-12-19)25-21-15-7-9-17-23(21)30-26(28(32)20-13-5-2-6-14-20)22-16-8-10-18-24(22)29(25)33-30/h1-18,25-26,29-30H/t25-,26-,29-,30-/m0/s1. The zero-order valence-electron chi connectivity index (χ0n) is 17.9. The third-order valence-electron chi connectivity index (χ3n) is 6.86. The summed E-state index contributed by atoms with van der Waals surface area (Å²) in [5.41, 5.74) is 5.08. The third-order valence-corrected chi connectivity index (χ3v) is 6.86. The van der Waals surface area contributed by atoms with Gasteiger partial charge in [0.1, 0.15) is 0 Å². The highest BCUT2D eigenvalue weighted by atomic mass is 16.5. The average Bonchev–Trinajstić information content (AvgIpc) is 2.89. The topological polar surface area (TPSA) is 43.4 Å². The molecule has 0 fully saturated rings. The maximum Gasteiger partial charge on any atom is 0.173 e. The van der Waals surface area contributed by atoms with Gasteiger partial charge in [-0.1, -0.05) is 109 Å². The summed E-state index contributed by atoms with van der Waals surface area (Å²) in [6, 6.07) is 34.6. The Labute approximate surface area is 192 Å². The van der Waals surface area contributed by atoms with Crippen LogP contribution in [0.4, 0.5) is 0 Å². The van der Waals surface area contributed by atoms with Gasteiger partial charge in [0.25, 0.3) is 0 Å². The molecule has 0 saturated carbocycles. The third kappa shape index (κ3) is 3.16. The largest absolute Gasteiger partial charge is 0.363 e. The van der Waals surface area contributed by atoms with E-state index in [1.165, 1.54) is 0 Å². The van der Waals surface area contributed by atoms with E-state index >= 15 is 0 Å². The molecule has 0 aromatic heterocycles. The van der Waals surface area contributed by atoms with Gasteiger partial charge >= 0.3 is 0 Å². The first-order valence-corrected chi connectivity index (χ1v) is 11.3. The van der Waals surface area contributed by atoms with E-state index in [-0.39, 0.29) is 11.6 Å². The van der Waals surface area contributed by atoms with E-state index in [1.807, 2.05) is 109 Å². The molecular weight excluding hydrogens is 408 g/mol. The molecule has 0 unspecified atom stereocenters. The highest BCUT2D eigenvalue weighted by Gasteiger charge is 2.50. The van der Waals surface area contributed by atoms with E-state index in [9.17, 15) is 9.59 Å². The Morgan fingerprint density at radius 2 is 0.788 bits per heavy atom. The van der Waals surface area contributed by atoms with Crippen LogP contribution in [-0.4, -0.2) is 11.6 Å². The van der Waals surface area contributed by atoms with Crippen LogP contribution in [0.2, 0.25) is 0 Å². The number of hydrogen-bond donors (Lipinski definition) is 0. The van der Waals surface area contributed by atoms with Crippen molar-refractivity contribution in [1.82, 2.24) is 0 Å². The van der Waals surface area contributed by atoms with Gasteiger partial charge in [0.15, 0.2) is 11.6 Å². The number of rotatable bonds is 4. The summed E-state index contributed by atoms with van der Waals surface area (Å²) in [7, 11) is 0. The van der Waals surface area contributed by atoms with Gasteiger partial charge in [-0.2, -0.15) is 0 Å². The summed E-state index contributed by atoms with van der Waals surface area (Å²) in [5, 5.41) is 0. The van der Waals surface area contributed by atoms with E-state index in [2.05, 4.69) is 0 Å². The van der Waals surface area contributed by atoms with Crippen LogP contribution in [0, 0.1) is 0 Å². The van der Waals surface area contributed by atoms with E-state index in [0.29, 0.717) is 11.1 Å². The van der Waals surface area contributed by atoms with Gasteiger partial charge in [0.2, 0.25) is 0 Å². The van der Waals surface area contributed by atoms with Crippen molar-refractivity contribution in [2.45, 2.75) is 24.0 Å². The van der Waals surface area contributed by atoms with Crippen molar-refractivity contribution in [3.05, 3.63) is 143 Å². The number of ether oxygens (including phenoxy) is 1. The number of carbonyl (C=O) groups is 2. The van der Waals surface area contributed by atoms with Crippen LogP contribution in [0.1, 0.15) is 67.0 Å². The van der Waals surface area contributed by atoms with Crippen LogP contribution < -0.4 is 0 Å². The predicted octanol–water partition coefficient (Wildman–Crippen LogP) is 6.45. The lowest BCUT2D eigenvalue weighted by Gasteiger charge is -2.45. The summed E-state index contributed by atoms with van der Waals surface area (Å²) in [6.07, 6.45) is -0.873. The quantitative estimate of drug-likeness (QED) is 0.350. The fraction of sp³-hybridized carbons (Fsp3) is 0.133. The molecule has 4 atom stereocenters. The summed E-state index contributed by atoms with van der Waals surface area (Å²) < 4.78 is 6.64. The second kappa shape index (κ2) is 7.95. The number of benzene rings is 4. The summed E-state index contributed by atoms with van der Waals surface area (Å²) in [6.45, 7) is 0. The van der Waals surface area contributed by atoms with E-state index < -0.39 is 24.0 Å². The van der Waals surface area contributed by atoms with Crippen molar-refractivity contribution in [2.24, 2.45) is 0 Å². The Morgan fingerprint density at radius 1 is 0.455 bits per heavy atom. The Morgan fingerprint density at radius 3 is 1.18 bits per heavy atom. The molecule has 3 heteroatoms. The molecule has 0 saturated heterocycles. The minimum absolute atomic E-state index is 0.0362. The zero-order valence-corrected chi connectivity index (χ0v) is 17.9. The molecule has 160 valence electrons. The Hall–Kier alpha value is -3.82. The molecule has 2 aliphatic heterocycles. The summed E-state index contributed by atoms with van der Waals surface area (Å²) >= 11 is 0. The number of fused-ring (bicyclic) bond motifs is 6. The second-order valence-corrected chi connectivity index (χ2v) is 8.65. The van der Waals surface area contributed by atoms with Crippen LogP contribution >= 0.6 is 0 Å². The Balaban J connectivity index is 1.54. The first kappa shape index (κ1) is 19.8. The molecule has 0 radical (unpaired) electrons. The van der Waals surface area contributed by atoms with Crippen LogP contribution in [-0.2, 0) is 4.74 Å². The highest BCUT2D eigenvalue weighted by molar-refractivity contribution is 6.04. The lowest BCUT2D eigenvalue weighted by atomic mass is 9.68. The van der Waals surface area contributed by atoms with E-state index in [1.54, 1.807) is 0 Å². The van der Waals surface area contributed by atoms with Crippen LogP contribution in [0.3, 0.4) is 0 Å². The van der Waals surface area contributed by atoms with Crippen molar-refractivity contribution in [3.63, 3.8) is 0 Å². The van der Waals surface area contributed by atoms with Gasteiger partial charge in [0, 0.05) is 11.1 Å². The molecule has 2 bridgehead atoms. The van der Waals surface area contributed by atoms with Gasteiger partial charge in [-0.15, -0.1) is 0 Å². The van der Waals surface area contributed by atoms with Crippen molar-refractivity contribution < 1.29 is 14.3 Å². The van der Waals surface area contributed by atoms with Crippen molar-refractivity contribution in [3.8, 4) is 0 Å². The normalized spacial score (nSPS) is 22.7. The average molecular weight is 431 g/mol. The van der Waals surface area contributed by atoms with E-state index in [4.69, 9.17) is 4.74 Å². The second-order valence-electron chi connectivity index (χ2n) is 8.65. The fourth-order valence-electron chi connectivity index (χ4n) is 5.37. The molecule has 0 aliphatic carbocycles. The minimum Gasteiger partial charge on any atom is -0.363 e. The zero-order chi connectivity index (χ0) is 22.4. The lowest BCUT2D eigenvalue weighted by Crippen LogP contribution is -2.39. The number of ketones is 2.